The first-order valence-corrected chi connectivity index (χ1v) is 5.37. The first-order valence-electron chi connectivity index (χ1n) is 5.37. The lowest BCUT2D eigenvalue weighted by Gasteiger charge is -2.10. The Hall–Kier alpha value is -2.11. The molecule has 2 aromatic heterocycles. The first-order chi connectivity index (χ1) is 8.15. The van der Waals surface area contributed by atoms with Gasteiger partial charge in [0.05, 0.1) is 6.04 Å². The number of rotatable bonds is 4. The number of carbonyl (C=O) groups excluding carboxylic acids is 1. The lowest BCUT2D eigenvalue weighted by Crippen LogP contribution is -2.18. The van der Waals surface area contributed by atoms with E-state index in [1.54, 1.807) is 23.9 Å². The average molecular weight is 234 g/mol. The Morgan fingerprint density at radius 2 is 2.47 bits per heavy atom. The molecule has 0 aliphatic carbocycles. The molecule has 0 bridgehead atoms. The van der Waals surface area contributed by atoms with Crippen molar-refractivity contribution in [3.8, 4) is 0 Å². The van der Waals surface area contributed by atoms with E-state index in [9.17, 15) is 4.79 Å². The number of aromatic nitrogens is 3. The Kier molecular flexibility index (Phi) is 3.22. The van der Waals surface area contributed by atoms with Crippen LogP contribution in [0.5, 0.6) is 0 Å². The molecule has 2 heterocycles. The molecule has 0 aliphatic rings. The van der Waals surface area contributed by atoms with E-state index in [0.717, 1.165) is 0 Å². The normalized spacial score (nSPS) is 12.4. The van der Waals surface area contributed by atoms with Gasteiger partial charge in [-0.15, -0.1) is 0 Å². The maximum atomic E-state index is 11.7. The van der Waals surface area contributed by atoms with Gasteiger partial charge in [0, 0.05) is 24.9 Å². The van der Waals surface area contributed by atoms with Crippen LogP contribution < -0.4 is 5.32 Å². The monoisotopic (exact) mass is 234 g/mol. The molecule has 2 rings (SSSR count). The Bertz CT molecular complexity index is 489. The molecule has 1 atom stereocenters. The molecule has 17 heavy (non-hydrogen) atoms. The van der Waals surface area contributed by atoms with Crippen LogP contribution in [0.15, 0.2) is 29.0 Å². The van der Waals surface area contributed by atoms with Gasteiger partial charge in [-0.1, -0.05) is 5.16 Å². The van der Waals surface area contributed by atoms with Gasteiger partial charge < -0.3 is 9.84 Å². The van der Waals surface area contributed by atoms with E-state index in [2.05, 4.69) is 15.6 Å². The first kappa shape index (κ1) is 11.4. The minimum Gasteiger partial charge on any atom is -0.360 e. The highest BCUT2D eigenvalue weighted by Gasteiger charge is 2.12. The Labute approximate surface area is 98.6 Å². The van der Waals surface area contributed by atoms with Crippen molar-refractivity contribution in [2.24, 2.45) is 0 Å². The second-order valence-electron chi connectivity index (χ2n) is 3.91. The van der Waals surface area contributed by atoms with Gasteiger partial charge in [-0.05, 0) is 19.9 Å². The van der Waals surface area contributed by atoms with Crippen molar-refractivity contribution < 1.29 is 9.32 Å². The molecule has 1 amide bonds. The van der Waals surface area contributed by atoms with Crippen LogP contribution >= 0.6 is 0 Å². The molecular weight excluding hydrogens is 220 g/mol. The lowest BCUT2D eigenvalue weighted by molar-refractivity contribution is -0.116. The smallest absolute Gasteiger partial charge is 0.227 e. The zero-order chi connectivity index (χ0) is 12.3. The van der Waals surface area contributed by atoms with Crippen molar-refractivity contribution in [1.29, 1.82) is 0 Å². The topological polar surface area (TPSA) is 73.0 Å². The third kappa shape index (κ3) is 2.93. The standard InChI is InChI=1S/C11H14N4O2/c1-8(15-5-3-4-12-15)6-11(16)13-10-7-9(2)17-14-10/h3-5,7-8H,6H2,1-2H3,(H,13,14,16)/t8-/m1/s1. The number of anilines is 1. The van der Waals surface area contributed by atoms with E-state index in [1.165, 1.54) is 0 Å². The minimum atomic E-state index is -0.110. The summed E-state index contributed by atoms with van der Waals surface area (Å²) in [4.78, 5) is 11.7. The SMILES string of the molecule is Cc1cc(NC(=O)C[C@@H](C)n2cccn2)no1. The van der Waals surface area contributed by atoms with E-state index >= 15 is 0 Å². The molecule has 90 valence electrons. The zero-order valence-electron chi connectivity index (χ0n) is 9.75. The predicted molar refractivity (Wildman–Crippen MR) is 61.4 cm³/mol. The summed E-state index contributed by atoms with van der Waals surface area (Å²) in [6, 6.07) is 3.52. The quantitative estimate of drug-likeness (QED) is 0.875. The van der Waals surface area contributed by atoms with Crippen LogP contribution in [-0.2, 0) is 4.79 Å². The highest BCUT2D eigenvalue weighted by atomic mass is 16.5. The van der Waals surface area contributed by atoms with Crippen LogP contribution in [0.2, 0.25) is 0 Å². The van der Waals surface area contributed by atoms with Gasteiger partial charge in [0.1, 0.15) is 5.76 Å². The van der Waals surface area contributed by atoms with Crippen molar-refractivity contribution in [2.45, 2.75) is 26.3 Å². The number of nitrogens with one attached hydrogen (secondary N) is 1. The molecule has 0 radical (unpaired) electrons. The summed E-state index contributed by atoms with van der Waals surface area (Å²) in [5.74, 6) is 1.00. The number of aryl methyl sites for hydroxylation is 1. The Balaban J connectivity index is 1.89. The molecule has 0 saturated carbocycles. The molecule has 6 nitrogen and oxygen atoms in total. The summed E-state index contributed by atoms with van der Waals surface area (Å²) in [5, 5.41) is 10.4. The molecule has 0 aliphatic heterocycles. The predicted octanol–water partition coefficient (Wildman–Crippen LogP) is 1.77. The lowest BCUT2D eigenvalue weighted by atomic mass is 10.2. The van der Waals surface area contributed by atoms with E-state index in [1.807, 2.05) is 19.2 Å². The van der Waals surface area contributed by atoms with Crippen LogP contribution in [0.4, 0.5) is 5.82 Å². The second-order valence-corrected chi connectivity index (χ2v) is 3.91. The molecule has 6 heteroatoms. The molecule has 0 saturated heterocycles. The number of hydrogen-bond donors (Lipinski definition) is 1. The van der Waals surface area contributed by atoms with Crippen LogP contribution in [0.1, 0.15) is 25.1 Å². The van der Waals surface area contributed by atoms with Crippen molar-refractivity contribution in [3.05, 3.63) is 30.3 Å². The van der Waals surface area contributed by atoms with Gasteiger partial charge in [-0.3, -0.25) is 9.48 Å². The number of amides is 1. The summed E-state index contributed by atoms with van der Waals surface area (Å²) in [6.45, 7) is 3.70. The number of hydrogen-bond acceptors (Lipinski definition) is 4. The molecule has 0 aromatic carbocycles. The van der Waals surface area contributed by atoms with Gasteiger partial charge in [0.25, 0.3) is 0 Å². The largest absolute Gasteiger partial charge is 0.360 e. The zero-order valence-corrected chi connectivity index (χ0v) is 9.75. The van der Waals surface area contributed by atoms with Crippen molar-refractivity contribution in [2.75, 3.05) is 5.32 Å². The van der Waals surface area contributed by atoms with Crippen LogP contribution in [0.25, 0.3) is 0 Å². The van der Waals surface area contributed by atoms with Gasteiger partial charge in [0.15, 0.2) is 5.82 Å². The molecule has 0 fully saturated rings. The third-order valence-electron chi connectivity index (χ3n) is 2.35. The molecule has 0 unspecified atom stereocenters. The highest BCUT2D eigenvalue weighted by Crippen LogP contribution is 2.12. The molecule has 0 spiro atoms. The summed E-state index contributed by atoms with van der Waals surface area (Å²) in [6.07, 6.45) is 3.86. The molecule has 1 N–H and O–H groups in total. The van der Waals surface area contributed by atoms with E-state index in [-0.39, 0.29) is 11.9 Å². The van der Waals surface area contributed by atoms with Crippen molar-refractivity contribution in [1.82, 2.24) is 14.9 Å². The minimum absolute atomic E-state index is 0.0120. The molecular formula is C11H14N4O2. The van der Waals surface area contributed by atoms with Gasteiger partial charge in [-0.2, -0.15) is 5.10 Å². The fourth-order valence-electron chi connectivity index (χ4n) is 1.52. The van der Waals surface area contributed by atoms with E-state index in [4.69, 9.17) is 4.52 Å². The highest BCUT2D eigenvalue weighted by molar-refractivity contribution is 5.89. The summed E-state index contributed by atoms with van der Waals surface area (Å²) < 4.78 is 6.60. The summed E-state index contributed by atoms with van der Waals surface area (Å²) in [5.41, 5.74) is 0. The number of nitrogens with zero attached hydrogens (tertiary/aromatic N) is 3. The van der Waals surface area contributed by atoms with Gasteiger partial charge in [-0.25, -0.2) is 0 Å². The van der Waals surface area contributed by atoms with Crippen LogP contribution in [-0.4, -0.2) is 20.8 Å². The Morgan fingerprint density at radius 1 is 1.65 bits per heavy atom. The van der Waals surface area contributed by atoms with Gasteiger partial charge >= 0.3 is 0 Å². The summed E-state index contributed by atoms with van der Waals surface area (Å²) >= 11 is 0. The van der Waals surface area contributed by atoms with E-state index in [0.29, 0.717) is 18.0 Å². The molecule has 2 aromatic rings. The van der Waals surface area contributed by atoms with Crippen LogP contribution in [0, 0.1) is 6.92 Å². The fraction of sp³-hybridized carbons (Fsp3) is 0.364. The number of carbonyl (C=O) groups is 1. The van der Waals surface area contributed by atoms with Gasteiger partial charge in [0.2, 0.25) is 5.91 Å². The third-order valence-corrected chi connectivity index (χ3v) is 2.35. The van der Waals surface area contributed by atoms with Crippen molar-refractivity contribution in [3.63, 3.8) is 0 Å². The summed E-state index contributed by atoms with van der Waals surface area (Å²) in [7, 11) is 0. The second kappa shape index (κ2) is 4.82. The maximum absolute atomic E-state index is 11.7. The fourth-order valence-corrected chi connectivity index (χ4v) is 1.52. The van der Waals surface area contributed by atoms with E-state index < -0.39 is 0 Å². The van der Waals surface area contributed by atoms with Crippen molar-refractivity contribution >= 4 is 11.7 Å². The average Bonchev–Trinajstić information content (AvgIpc) is 2.89. The maximum Gasteiger partial charge on any atom is 0.227 e. The van der Waals surface area contributed by atoms with Crippen LogP contribution in [0.3, 0.4) is 0 Å². The Morgan fingerprint density at radius 3 is 3.06 bits per heavy atom.